The second-order valence-corrected chi connectivity index (χ2v) is 5.21. The largest absolute Gasteiger partial charge is 0.493 e. The van der Waals surface area contributed by atoms with Crippen LogP contribution in [0.1, 0.15) is 16.8 Å². The van der Waals surface area contributed by atoms with E-state index in [4.69, 9.17) is 16.3 Å². The molecular weight excluding hydrogens is 344 g/mol. The van der Waals surface area contributed by atoms with Crippen molar-refractivity contribution in [2.45, 2.75) is 19.6 Å². The highest BCUT2D eigenvalue weighted by atomic mass is 35.5. The average Bonchev–Trinajstić information content (AvgIpc) is 2.96. The third kappa shape index (κ3) is 5.09. The van der Waals surface area contributed by atoms with Gasteiger partial charge in [-0.1, -0.05) is 11.6 Å². The summed E-state index contributed by atoms with van der Waals surface area (Å²) < 4.78 is 35.5. The van der Waals surface area contributed by atoms with Crippen molar-refractivity contribution in [3.05, 3.63) is 41.2 Å². The Morgan fingerprint density at radius 3 is 2.83 bits per heavy atom. The predicted octanol–water partition coefficient (Wildman–Crippen LogP) is 2.97. The summed E-state index contributed by atoms with van der Waals surface area (Å²) in [5, 5.41) is 7.31. The number of amides is 1. The second-order valence-electron chi connectivity index (χ2n) is 4.78. The summed E-state index contributed by atoms with van der Waals surface area (Å²) in [6.45, 7) is -1.93. The van der Waals surface area contributed by atoms with Gasteiger partial charge in [-0.3, -0.25) is 9.48 Å². The first kappa shape index (κ1) is 18.0. The SMILES string of the molecule is COc1cc(C(=O)NCCCn2cc(Cl)cn2)ccc1OC(F)F. The molecular formula is C15H16ClF2N3O3. The van der Waals surface area contributed by atoms with Crippen LogP contribution in [-0.4, -0.2) is 36.0 Å². The van der Waals surface area contributed by atoms with Gasteiger partial charge in [0.05, 0.1) is 18.3 Å². The maximum Gasteiger partial charge on any atom is 0.387 e. The fraction of sp³-hybridized carbons (Fsp3) is 0.333. The number of benzene rings is 1. The fourth-order valence-corrected chi connectivity index (χ4v) is 2.16. The highest BCUT2D eigenvalue weighted by Crippen LogP contribution is 2.29. The molecule has 1 heterocycles. The molecule has 1 aromatic heterocycles. The monoisotopic (exact) mass is 359 g/mol. The minimum atomic E-state index is -2.96. The molecule has 1 aromatic carbocycles. The summed E-state index contributed by atoms with van der Waals surface area (Å²) in [5.41, 5.74) is 0.288. The summed E-state index contributed by atoms with van der Waals surface area (Å²) >= 11 is 5.75. The minimum absolute atomic E-state index is 0.0640. The number of methoxy groups -OCH3 is 1. The lowest BCUT2D eigenvalue weighted by atomic mass is 10.2. The maximum atomic E-state index is 12.3. The van der Waals surface area contributed by atoms with Gasteiger partial charge in [0.1, 0.15) is 0 Å². The number of halogens is 3. The molecule has 0 aliphatic carbocycles. The van der Waals surface area contributed by atoms with E-state index in [1.165, 1.54) is 31.5 Å². The summed E-state index contributed by atoms with van der Waals surface area (Å²) in [6, 6.07) is 4.01. The molecule has 0 radical (unpaired) electrons. The number of hydrogen-bond donors (Lipinski definition) is 1. The van der Waals surface area contributed by atoms with Gasteiger partial charge in [0, 0.05) is 24.8 Å². The van der Waals surface area contributed by atoms with Gasteiger partial charge < -0.3 is 14.8 Å². The van der Waals surface area contributed by atoms with Crippen LogP contribution < -0.4 is 14.8 Å². The number of alkyl halides is 2. The van der Waals surface area contributed by atoms with Crippen molar-refractivity contribution in [1.29, 1.82) is 0 Å². The summed E-state index contributed by atoms with van der Waals surface area (Å²) in [5.74, 6) is -0.399. The zero-order valence-electron chi connectivity index (χ0n) is 12.8. The molecule has 0 bridgehead atoms. The molecule has 2 aromatic rings. The van der Waals surface area contributed by atoms with Crippen LogP contribution >= 0.6 is 11.6 Å². The molecule has 9 heteroatoms. The number of carbonyl (C=O) groups is 1. The Hall–Kier alpha value is -2.35. The highest BCUT2D eigenvalue weighted by molar-refractivity contribution is 6.30. The Balaban J connectivity index is 1.87. The van der Waals surface area contributed by atoms with Gasteiger partial charge in [0.25, 0.3) is 5.91 Å². The predicted molar refractivity (Wildman–Crippen MR) is 83.8 cm³/mol. The fourth-order valence-electron chi connectivity index (χ4n) is 2.01. The Morgan fingerprint density at radius 2 is 2.21 bits per heavy atom. The van der Waals surface area contributed by atoms with Crippen molar-refractivity contribution < 1.29 is 23.0 Å². The van der Waals surface area contributed by atoms with E-state index in [1.807, 2.05) is 0 Å². The van der Waals surface area contributed by atoms with Crippen LogP contribution in [0.4, 0.5) is 8.78 Å². The lowest BCUT2D eigenvalue weighted by Gasteiger charge is -2.11. The first-order valence-electron chi connectivity index (χ1n) is 7.08. The van der Waals surface area contributed by atoms with Gasteiger partial charge in [0.2, 0.25) is 0 Å². The van der Waals surface area contributed by atoms with Gasteiger partial charge in [-0.15, -0.1) is 0 Å². The van der Waals surface area contributed by atoms with Gasteiger partial charge in [0.15, 0.2) is 11.5 Å². The molecule has 0 fully saturated rings. The van der Waals surface area contributed by atoms with E-state index >= 15 is 0 Å². The van der Waals surface area contributed by atoms with Crippen LogP contribution in [0.2, 0.25) is 5.02 Å². The van der Waals surface area contributed by atoms with Crippen LogP contribution in [0.25, 0.3) is 0 Å². The lowest BCUT2D eigenvalue weighted by Crippen LogP contribution is -2.25. The zero-order valence-corrected chi connectivity index (χ0v) is 13.6. The molecule has 24 heavy (non-hydrogen) atoms. The number of nitrogens with one attached hydrogen (secondary N) is 1. The highest BCUT2D eigenvalue weighted by Gasteiger charge is 2.14. The molecule has 0 aliphatic heterocycles. The van der Waals surface area contributed by atoms with Crippen LogP contribution in [0.5, 0.6) is 11.5 Å². The van der Waals surface area contributed by atoms with E-state index < -0.39 is 6.61 Å². The van der Waals surface area contributed by atoms with Gasteiger partial charge in [-0.05, 0) is 24.6 Å². The normalized spacial score (nSPS) is 10.7. The van der Waals surface area contributed by atoms with Crippen molar-refractivity contribution in [2.24, 2.45) is 0 Å². The number of aryl methyl sites for hydroxylation is 1. The van der Waals surface area contributed by atoms with Gasteiger partial charge >= 0.3 is 6.61 Å². The second kappa shape index (κ2) is 8.49. The molecule has 0 spiro atoms. The van der Waals surface area contributed by atoms with E-state index in [-0.39, 0.29) is 23.0 Å². The minimum Gasteiger partial charge on any atom is -0.493 e. The summed E-state index contributed by atoms with van der Waals surface area (Å²) in [7, 11) is 1.31. The standard InChI is InChI=1S/C15H16ClF2N3O3/c1-23-13-7-10(3-4-12(13)24-15(17)18)14(22)19-5-2-6-21-9-11(16)8-20-21/h3-4,7-9,15H,2,5-6H2,1H3,(H,19,22). The Labute approximate surface area is 142 Å². The average molecular weight is 360 g/mol. The van der Waals surface area contributed by atoms with Crippen LogP contribution in [-0.2, 0) is 6.54 Å². The first-order chi connectivity index (χ1) is 11.5. The van der Waals surface area contributed by atoms with E-state index in [0.29, 0.717) is 24.5 Å². The van der Waals surface area contributed by atoms with E-state index in [1.54, 1.807) is 10.9 Å². The molecule has 0 atom stereocenters. The molecule has 1 N–H and O–H groups in total. The molecule has 0 unspecified atom stereocenters. The number of ether oxygens (including phenoxy) is 2. The quantitative estimate of drug-likeness (QED) is 0.736. The topological polar surface area (TPSA) is 65.4 Å². The molecule has 2 rings (SSSR count). The van der Waals surface area contributed by atoms with E-state index in [9.17, 15) is 13.6 Å². The van der Waals surface area contributed by atoms with Crippen LogP contribution in [0.3, 0.4) is 0 Å². The zero-order chi connectivity index (χ0) is 17.5. The van der Waals surface area contributed by atoms with Crippen molar-refractivity contribution in [3.8, 4) is 11.5 Å². The Kier molecular flexibility index (Phi) is 6.36. The third-order valence-electron chi connectivity index (χ3n) is 3.09. The van der Waals surface area contributed by atoms with Crippen molar-refractivity contribution >= 4 is 17.5 Å². The van der Waals surface area contributed by atoms with E-state index in [2.05, 4.69) is 15.2 Å². The molecule has 130 valence electrons. The molecule has 0 aliphatic rings. The molecule has 0 saturated carbocycles. The Morgan fingerprint density at radius 1 is 1.42 bits per heavy atom. The Bertz CT molecular complexity index is 694. The number of hydrogen-bond acceptors (Lipinski definition) is 4. The van der Waals surface area contributed by atoms with Crippen LogP contribution in [0.15, 0.2) is 30.6 Å². The van der Waals surface area contributed by atoms with Gasteiger partial charge in [-0.25, -0.2) is 0 Å². The molecule has 1 amide bonds. The van der Waals surface area contributed by atoms with Crippen LogP contribution in [0, 0.1) is 0 Å². The van der Waals surface area contributed by atoms with Crippen molar-refractivity contribution in [3.63, 3.8) is 0 Å². The number of nitrogens with zero attached hydrogens (tertiary/aromatic N) is 2. The molecule has 0 saturated heterocycles. The molecule has 6 nitrogen and oxygen atoms in total. The van der Waals surface area contributed by atoms with Crippen molar-refractivity contribution in [2.75, 3.05) is 13.7 Å². The summed E-state index contributed by atoms with van der Waals surface area (Å²) in [4.78, 5) is 12.1. The van der Waals surface area contributed by atoms with Crippen molar-refractivity contribution in [1.82, 2.24) is 15.1 Å². The smallest absolute Gasteiger partial charge is 0.387 e. The first-order valence-corrected chi connectivity index (χ1v) is 7.46. The van der Waals surface area contributed by atoms with E-state index in [0.717, 1.165) is 0 Å². The number of carbonyl (C=O) groups excluding carboxylic acids is 1. The van der Waals surface area contributed by atoms with Gasteiger partial charge in [-0.2, -0.15) is 13.9 Å². The summed E-state index contributed by atoms with van der Waals surface area (Å²) in [6.07, 6.45) is 3.89. The number of rotatable bonds is 8. The lowest BCUT2D eigenvalue weighted by molar-refractivity contribution is -0.0512. The maximum absolute atomic E-state index is 12.3. The third-order valence-corrected chi connectivity index (χ3v) is 3.29. The number of aromatic nitrogens is 2.